The van der Waals surface area contributed by atoms with Crippen LogP contribution in [0, 0.1) is 11.3 Å². The highest BCUT2D eigenvalue weighted by Crippen LogP contribution is 2.03. The molecule has 0 saturated heterocycles. The Labute approximate surface area is 78.4 Å². The number of nitrogens with one attached hydrogen (secondary N) is 1. The van der Waals surface area contributed by atoms with Gasteiger partial charge in [0.25, 0.3) is 0 Å². The number of nitriles is 1. The molecule has 5 nitrogen and oxygen atoms in total. The first-order valence-electron chi connectivity index (χ1n) is 3.99. The predicted molar refractivity (Wildman–Crippen MR) is 48.3 cm³/mol. The number of hydrogen-bond donors (Lipinski definition) is 2. The van der Waals surface area contributed by atoms with Gasteiger partial charge < -0.3 is 5.11 Å². The van der Waals surface area contributed by atoms with E-state index in [0.29, 0.717) is 0 Å². The fourth-order valence-corrected chi connectivity index (χ4v) is 2.16. The SMILES string of the molecule is CCC(C#N)S(=O)(=O)N[C@H](C)CO. The highest BCUT2D eigenvalue weighted by atomic mass is 32.2. The molecule has 2 atom stereocenters. The van der Waals surface area contributed by atoms with Crippen molar-refractivity contribution in [2.24, 2.45) is 0 Å². The molecular weight excluding hydrogens is 192 g/mol. The first-order chi connectivity index (χ1) is 5.97. The predicted octanol–water partition coefficient (Wildman–Crippen LogP) is -0.411. The van der Waals surface area contributed by atoms with E-state index in [9.17, 15) is 8.42 Å². The molecule has 0 aliphatic carbocycles. The molecule has 0 aliphatic rings. The molecule has 6 heteroatoms. The van der Waals surface area contributed by atoms with Crippen LogP contribution in [0.4, 0.5) is 0 Å². The second-order valence-corrected chi connectivity index (χ2v) is 4.67. The van der Waals surface area contributed by atoms with Gasteiger partial charge in [0.05, 0.1) is 12.7 Å². The summed E-state index contributed by atoms with van der Waals surface area (Å²) in [6.07, 6.45) is 0.240. The largest absolute Gasteiger partial charge is 0.395 e. The monoisotopic (exact) mass is 206 g/mol. The van der Waals surface area contributed by atoms with Crippen molar-refractivity contribution in [1.29, 1.82) is 5.26 Å². The molecule has 0 heterocycles. The standard InChI is InChI=1S/C7H14N2O3S/c1-3-7(4-8)13(11,12)9-6(2)5-10/h6-7,9-10H,3,5H2,1-2H3/t6-,7?/m1/s1. The van der Waals surface area contributed by atoms with E-state index in [-0.39, 0.29) is 13.0 Å². The van der Waals surface area contributed by atoms with Gasteiger partial charge >= 0.3 is 0 Å². The minimum Gasteiger partial charge on any atom is -0.395 e. The van der Waals surface area contributed by atoms with E-state index in [4.69, 9.17) is 10.4 Å². The summed E-state index contributed by atoms with van der Waals surface area (Å²) in [4.78, 5) is 0. The van der Waals surface area contributed by atoms with Gasteiger partial charge in [-0.25, -0.2) is 13.1 Å². The van der Waals surface area contributed by atoms with Crippen LogP contribution in [0.3, 0.4) is 0 Å². The summed E-state index contributed by atoms with van der Waals surface area (Å²) in [5.41, 5.74) is 0. The van der Waals surface area contributed by atoms with E-state index in [2.05, 4.69) is 4.72 Å². The third-order valence-electron chi connectivity index (χ3n) is 1.53. The van der Waals surface area contributed by atoms with Gasteiger partial charge in [-0.1, -0.05) is 6.92 Å². The molecule has 1 unspecified atom stereocenters. The lowest BCUT2D eigenvalue weighted by Gasteiger charge is -2.13. The lowest BCUT2D eigenvalue weighted by Crippen LogP contribution is -2.40. The van der Waals surface area contributed by atoms with Crippen molar-refractivity contribution < 1.29 is 13.5 Å². The van der Waals surface area contributed by atoms with Crippen LogP contribution in [-0.4, -0.2) is 31.4 Å². The average molecular weight is 206 g/mol. The first kappa shape index (κ1) is 12.4. The van der Waals surface area contributed by atoms with E-state index >= 15 is 0 Å². The quantitative estimate of drug-likeness (QED) is 0.639. The molecular formula is C7H14N2O3S. The zero-order valence-corrected chi connectivity index (χ0v) is 8.50. The molecule has 0 bridgehead atoms. The van der Waals surface area contributed by atoms with E-state index in [1.807, 2.05) is 0 Å². The van der Waals surface area contributed by atoms with Crippen molar-refractivity contribution in [3.05, 3.63) is 0 Å². The number of rotatable bonds is 5. The molecule has 0 saturated carbocycles. The third-order valence-corrected chi connectivity index (χ3v) is 3.45. The number of nitrogens with zero attached hydrogens (tertiary/aromatic N) is 1. The number of hydrogen-bond acceptors (Lipinski definition) is 4. The van der Waals surface area contributed by atoms with Crippen molar-refractivity contribution in [1.82, 2.24) is 4.72 Å². The van der Waals surface area contributed by atoms with Crippen LogP contribution in [0.1, 0.15) is 20.3 Å². The maximum Gasteiger partial charge on any atom is 0.228 e. The molecule has 0 radical (unpaired) electrons. The van der Waals surface area contributed by atoms with Gasteiger partial charge in [-0.05, 0) is 13.3 Å². The number of aliphatic hydroxyl groups excluding tert-OH is 1. The molecule has 0 aromatic carbocycles. The number of aliphatic hydroxyl groups is 1. The smallest absolute Gasteiger partial charge is 0.228 e. The Balaban J connectivity index is 4.50. The van der Waals surface area contributed by atoms with Gasteiger partial charge in [0.2, 0.25) is 10.0 Å². The zero-order chi connectivity index (χ0) is 10.5. The summed E-state index contributed by atoms with van der Waals surface area (Å²) in [5.74, 6) is 0. The van der Waals surface area contributed by atoms with E-state index in [1.165, 1.54) is 6.92 Å². The van der Waals surface area contributed by atoms with E-state index in [1.54, 1.807) is 13.0 Å². The van der Waals surface area contributed by atoms with Crippen LogP contribution in [0.25, 0.3) is 0 Å². The van der Waals surface area contributed by atoms with Gasteiger partial charge in [-0.15, -0.1) is 0 Å². The van der Waals surface area contributed by atoms with Gasteiger partial charge in [0.1, 0.15) is 0 Å². The fourth-order valence-electron chi connectivity index (χ4n) is 0.780. The highest BCUT2D eigenvalue weighted by Gasteiger charge is 2.24. The van der Waals surface area contributed by atoms with E-state index in [0.717, 1.165) is 0 Å². The van der Waals surface area contributed by atoms with Crippen molar-refractivity contribution in [3.8, 4) is 6.07 Å². The van der Waals surface area contributed by atoms with Crippen molar-refractivity contribution in [2.45, 2.75) is 31.6 Å². The molecule has 0 fully saturated rings. The van der Waals surface area contributed by atoms with Crippen molar-refractivity contribution >= 4 is 10.0 Å². The maximum atomic E-state index is 11.3. The van der Waals surface area contributed by atoms with Crippen LogP contribution >= 0.6 is 0 Å². The van der Waals surface area contributed by atoms with Gasteiger partial charge in [0.15, 0.2) is 5.25 Å². The average Bonchev–Trinajstić information content (AvgIpc) is 2.05. The van der Waals surface area contributed by atoms with Gasteiger partial charge in [0, 0.05) is 6.04 Å². The molecule has 2 N–H and O–H groups in total. The van der Waals surface area contributed by atoms with Crippen LogP contribution in [0.5, 0.6) is 0 Å². The summed E-state index contributed by atoms with van der Waals surface area (Å²) >= 11 is 0. The lowest BCUT2D eigenvalue weighted by molar-refractivity contribution is 0.265. The van der Waals surface area contributed by atoms with Crippen molar-refractivity contribution in [2.75, 3.05) is 6.61 Å². The third kappa shape index (κ3) is 3.72. The summed E-state index contributed by atoms with van der Waals surface area (Å²) in [7, 11) is -3.60. The summed E-state index contributed by atoms with van der Waals surface area (Å²) in [6, 6.07) is 1.14. The molecule has 0 aromatic heterocycles. The Kier molecular flexibility index (Phi) is 4.91. The Hall–Kier alpha value is -0.640. The van der Waals surface area contributed by atoms with Crippen LogP contribution in [0.15, 0.2) is 0 Å². The van der Waals surface area contributed by atoms with Crippen LogP contribution in [-0.2, 0) is 10.0 Å². The molecule has 0 aromatic rings. The van der Waals surface area contributed by atoms with Gasteiger partial charge in [-0.2, -0.15) is 5.26 Å². The Morgan fingerprint density at radius 3 is 2.46 bits per heavy atom. The summed E-state index contributed by atoms with van der Waals surface area (Å²) < 4.78 is 24.8. The molecule has 0 rings (SSSR count). The van der Waals surface area contributed by atoms with E-state index < -0.39 is 21.3 Å². The lowest BCUT2D eigenvalue weighted by atomic mass is 10.4. The molecule has 0 amide bonds. The van der Waals surface area contributed by atoms with Gasteiger partial charge in [-0.3, -0.25) is 0 Å². The zero-order valence-electron chi connectivity index (χ0n) is 7.69. The van der Waals surface area contributed by atoms with Crippen LogP contribution < -0.4 is 4.72 Å². The molecule has 76 valence electrons. The second-order valence-electron chi connectivity index (χ2n) is 2.77. The fraction of sp³-hybridized carbons (Fsp3) is 0.857. The minimum absolute atomic E-state index is 0.240. The van der Waals surface area contributed by atoms with Crippen LogP contribution in [0.2, 0.25) is 0 Å². The Morgan fingerprint density at radius 2 is 2.15 bits per heavy atom. The summed E-state index contributed by atoms with van der Waals surface area (Å²) in [5, 5.41) is 16.1. The van der Waals surface area contributed by atoms with Crippen molar-refractivity contribution in [3.63, 3.8) is 0 Å². The topological polar surface area (TPSA) is 90.2 Å². The molecule has 0 spiro atoms. The normalized spacial score (nSPS) is 16.2. The maximum absolute atomic E-state index is 11.3. The Bertz CT molecular complexity index is 281. The molecule has 13 heavy (non-hydrogen) atoms. The molecule has 0 aliphatic heterocycles. The summed E-state index contributed by atoms with van der Waals surface area (Å²) in [6.45, 7) is 2.87. The minimum atomic E-state index is -3.60. The Morgan fingerprint density at radius 1 is 1.62 bits per heavy atom. The second kappa shape index (κ2) is 5.17. The first-order valence-corrected chi connectivity index (χ1v) is 5.54. The highest BCUT2D eigenvalue weighted by molar-refractivity contribution is 7.90. The number of sulfonamides is 1.